The van der Waals surface area contributed by atoms with Crippen molar-refractivity contribution >= 4 is 28.5 Å². The smallest absolute Gasteiger partial charge is 0.256 e. The molecular formula is C12H14INO2. The Hall–Kier alpha value is -0.620. The molecule has 1 aromatic rings. The van der Waals surface area contributed by atoms with Gasteiger partial charge >= 0.3 is 0 Å². The lowest BCUT2D eigenvalue weighted by Gasteiger charge is -2.20. The first-order valence-electron chi connectivity index (χ1n) is 5.39. The fraction of sp³-hybridized carbons (Fsp3) is 0.417. The van der Waals surface area contributed by atoms with Crippen LogP contribution in [0.3, 0.4) is 0 Å². The van der Waals surface area contributed by atoms with Crippen LogP contribution in [-0.2, 0) is 0 Å². The number of nitrogens with zero attached hydrogens (tertiary/aromatic N) is 1. The fourth-order valence-corrected chi connectivity index (χ4v) is 2.49. The van der Waals surface area contributed by atoms with Crippen molar-refractivity contribution in [1.29, 1.82) is 0 Å². The topological polar surface area (TPSA) is 40.5 Å². The van der Waals surface area contributed by atoms with Crippen LogP contribution in [0, 0.1) is 0 Å². The molecule has 3 nitrogen and oxygen atoms in total. The van der Waals surface area contributed by atoms with Gasteiger partial charge in [0.2, 0.25) is 0 Å². The first kappa shape index (κ1) is 11.9. The number of carbonyl (C=O) groups excluding carboxylic acids is 1. The summed E-state index contributed by atoms with van der Waals surface area (Å²) in [5.74, 6) is -0.0449. The van der Waals surface area contributed by atoms with E-state index in [2.05, 4.69) is 22.6 Å². The van der Waals surface area contributed by atoms with E-state index in [1.165, 1.54) is 0 Å². The Morgan fingerprint density at radius 1 is 1.31 bits per heavy atom. The summed E-state index contributed by atoms with van der Waals surface area (Å²) in [6.45, 7) is 0.637. The van der Waals surface area contributed by atoms with Crippen LogP contribution in [0.1, 0.15) is 35.0 Å². The average Bonchev–Trinajstić information content (AvgIpc) is 2.55. The number of rotatable bonds is 4. The van der Waals surface area contributed by atoms with Gasteiger partial charge in [0, 0.05) is 17.7 Å². The molecule has 0 aromatic heterocycles. The number of benzene rings is 1. The van der Waals surface area contributed by atoms with Crippen LogP contribution < -0.4 is 0 Å². The Bertz CT molecular complexity index is 394. The zero-order chi connectivity index (χ0) is 11.5. The van der Waals surface area contributed by atoms with Gasteiger partial charge in [-0.15, -0.1) is 0 Å². The van der Waals surface area contributed by atoms with Gasteiger partial charge in [-0.25, -0.2) is 0 Å². The number of halogens is 1. The maximum atomic E-state index is 12.0. The second-order valence-corrected chi connectivity index (χ2v) is 4.93. The molecule has 1 unspecified atom stereocenters. The SMILES string of the molecule is O=C1c2ccccc2C(O)N1CCCCI. The van der Waals surface area contributed by atoms with E-state index in [1.54, 1.807) is 11.0 Å². The maximum absolute atomic E-state index is 12.0. The number of amides is 1. The van der Waals surface area contributed by atoms with Crippen LogP contribution in [-0.4, -0.2) is 26.9 Å². The molecule has 0 fully saturated rings. The van der Waals surface area contributed by atoms with Crippen molar-refractivity contribution in [2.75, 3.05) is 11.0 Å². The second kappa shape index (κ2) is 5.14. The van der Waals surface area contributed by atoms with Gasteiger partial charge in [-0.3, -0.25) is 4.79 Å². The Labute approximate surface area is 109 Å². The molecule has 1 amide bonds. The van der Waals surface area contributed by atoms with E-state index in [-0.39, 0.29) is 5.91 Å². The molecule has 0 radical (unpaired) electrons. The molecule has 0 saturated heterocycles. The van der Waals surface area contributed by atoms with Crippen molar-refractivity contribution < 1.29 is 9.90 Å². The molecule has 1 aliphatic heterocycles. The highest BCUT2D eigenvalue weighted by molar-refractivity contribution is 14.1. The third kappa shape index (κ3) is 2.08. The number of hydrogen-bond acceptors (Lipinski definition) is 2. The highest BCUT2D eigenvalue weighted by Gasteiger charge is 2.34. The average molecular weight is 331 g/mol. The van der Waals surface area contributed by atoms with Crippen molar-refractivity contribution in [3.05, 3.63) is 35.4 Å². The van der Waals surface area contributed by atoms with Crippen molar-refractivity contribution in [3.63, 3.8) is 0 Å². The minimum Gasteiger partial charge on any atom is -0.369 e. The lowest BCUT2D eigenvalue weighted by molar-refractivity contribution is 0.0172. The molecule has 0 bridgehead atoms. The summed E-state index contributed by atoms with van der Waals surface area (Å²) in [5, 5.41) is 10.0. The summed E-state index contributed by atoms with van der Waals surface area (Å²) in [6.07, 6.45) is 1.27. The first-order valence-corrected chi connectivity index (χ1v) is 6.92. The summed E-state index contributed by atoms with van der Waals surface area (Å²) in [5.41, 5.74) is 1.38. The predicted molar refractivity (Wildman–Crippen MR) is 70.6 cm³/mol. The Kier molecular flexibility index (Phi) is 3.81. The minimum atomic E-state index is -0.752. The zero-order valence-corrected chi connectivity index (χ0v) is 11.1. The number of aliphatic hydroxyl groups is 1. The standard InChI is InChI=1S/C12H14INO2/c13-7-3-4-8-14-11(15)9-5-1-2-6-10(9)12(14)16/h1-2,5-6,11,15H,3-4,7-8H2. The number of aliphatic hydroxyl groups excluding tert-OH is 1. The summed E-state index contributed by atoms with van der Waals surface area (Å²) < 4.78 is 1.09. The molecule has 1 heterocycles. The monoisotopic (exact) mass is 331 g/mol. The van der Waals surface area contributed by atoms with Crippen LogP contribution >= 0.6 is 22.6 Å². The molecule has 1 aromatic carbocycles. The van der Waals surface area contributed by atoms with E-state index >= 15 is 0 Å². The normalized spacial score (nSPS) is 19.0. The van der Waals surface area contributed by atoms with Crippen molar-refractivity contribution in [2.24, 2.45) is 0 Å². The first-order chi connectivity index (χ1) is 7.75. The quantitative estimate of drug-likeness (QED) is 0.523. The fourth-order valence-electron chi connectivity index (χ4n) is 1.95. The molecule has 4 heteroatoms. The summed E-state index contributed by atoms with van der Waals surface area (Å²) in [7, 11) is 0. The number of carbonyl (C=O) groups is 1. The lowest BCUT2D eigenvalue weighted by atomic mass is 10.1. The molecule has 1 N–H and O–H groups in total. The van der Waals surface area contributed by atoms with E-state index in [9.17, 15) is 9.90 Å². The van der Waals surface area contributed by atoms with Crippen LogP contribution in [0.4, 0.5) is 0 Å². The number of unbranched alkanes of at least 4 members (excludes halogenated alkanes) is 1. The van der Waals surface area contributed by atoms with E-state index in [0.29, 0.717) is 12.1 Å². The summed E-state index contributed by atoms with van der Waals surface area (Å²) >= 11 is 2.32. The summed E-state index contributed by atoms with van der Waals surface area (Å²) in [4.78, 5) is 13.5. The van der Waals surface area contributed by atoms with Crippen LogP contribution in [0.25, 0.3) is 0 Å². The molecule has 0 spiro atoms. The molecule has 0 aliphatic carbocycles. The largest absolute Gasteiger partial charge is 0.369 e. The molecule has 16 heavy (non-hydrogen) atoms. The van der Waals surface area contributed by atoms with Gasteiger partial charge in [0.05, 0.1) is 0 Å². The van der Waals surface area contributed by atoms with E-state index < -0.39 is 6.23 Å². The summed E-state index contributed by atoms with van der Waals surface area (Å²) in [6, 6.07) is 7.27. The van der Waals surface area contributed by atoms with Gasteiger partial charge in [-0.05, 0) is 23.3 Å². The van der Waals surface area contributed by atoms with Gasteiger partial charge in [0.1, 0.15) is 0 Å². The van der Waals surface area contributed by atoms with E-state index in [1.807, 2.05) is 18.2 Å². The minimum absolute atomic E-state index is 0.0449. The molecule has 1 aliphatic rings. The predicted octanol–water partition coefficient (Wildman–Crippen LogP) is 2.35. The van der Waals surface area contributed by atoms with Crippen LogP contribution in [0.15, 0.2) is 24.3 Å². The number of hydrogen-bond donors (Lipinski definition) is 1. The van der Waals surface area contributed by atoms with Crippen LogP contribution in [0.2, 0.25) is 0 Å². The second-order valence-electron chi connectivity index (χ2n) is 3.86. The number of fused-ring (bicyclic) bond motifs is 1. The van der Waals surface area contributed by atoms with Crippen LogP contribution in [0.5, 0.6) is 0 Å². The van der Waals surface area contributed by atoms with Gasteiger partial charge < -0.3 is 10.0 Å². The highest BCUT2D eigenvalue weighted by atomic mass is 127. The van der Waals surface area contributed by atoms with Gasteiger partial charge in [0.25, 0.3) is 5.91 Å². The molecule has 2 rings (SSSR count). The zero-order valence-electron chi connectivity index (χ0n) is 8.90. The van der Waals surface area contributed by atoms with Crippen molar-refractivity contribution in [3.8, 4) is 0 Å². The molecule has 0 saturated carbocycles. The van der Waals surface area contributed by atoms with Gasteiger partial charge in [-0.2, -0.15) is 0 Å². The van der Waals surface area contributed by atoms with E-state index in [4.69, 9.17) is 0 Å². The Morgan fingerprint density at radius 3 is 2.75 bits per heavy atom. The highest BCUT2D eigenvalue weighted by Crippen LogP contribution is 2.31. The third-order valence-electron chi connectivity index (χ3n) is 2.81. The molecule has 86 valence electrons. The van der Waals surface area contributed by atoms with Gasteiger partial charge in [-0.1, -0.05) is 40.8 Å². The maximum Gasteiger partial charge on any atom is 0.256 e. The van der Waals surface area contributed by atoms with Crippen molar-refractivity contribution in [1.82, 2.24) is 4.90 Å². The Balaban J connectivity index is 2.12. The number of alkyl halides is 1. The molecule has 1 atom stereocenters. The van der Waals surface area contributed by atoms with Gasteiger partial charge in [0.15, 0.2) is 6.23 Å². The Morgan fingerprint density at radius 2 is 2.06 bits per heavy atom. The van der Waals surface area contributed by atoms with Crippen molar-refractivity contribution in [2.45, 2.75) is 19.1 Å². The molecular weight excluding hydrogens is 317 g/mol. The van der Waals surface area contributed by atoms with E-state index in [0.717, 1.165) is 22.8 Å². The lowest BCUT2D eigenvalue weighted by Crippen LogP contribution is -2.29. The third-order valence-corrected chi connectivity index (χ3v) is 3.57.